The van der Waals surface area contributed by atoms with Crippen LogP contribution in [0.3, 0.4) is 0 Å². The van der Waals surface area contributed by atoms with Crippen LogP contribution in [0.25, 0.3) is 0 Å². The van der Waals surface area contributed by atoms with Gasteiger partial charge in [-0.25, -0.2) is 0 Å². The number of hydrogen-bond donors (Lipinski definition) is 2. The first kappa shape index (κ1) is 18.7. The first-order valence-corrected chi connectivity index (χ1v) is 8.52. The van der Waals surface area contributed by atoms with Crippen LogP contribution in [0.2, 0.25) is 0 Å². The highest BCUT2D eigenvalue weighted by Crippen LogP contribution is 2.17. The highest BCUT2D eigenvalue weighted by molar-refractivity contribution is 5.98. The van der Waals surface area contributed by atoms with Crippen LogP contribution >= 0.6 is 0 Å². The average Bonchev–Trinajstić information content (AvgIpc) is 2.87. The number of nitrogens with two attached hydrogens (primary N) is 1. The number of carbonyl (C=O) groups excluding carboxylic acids is 2. The molecule has 0 saturated heterocycles. The number of hydrogen-bond acceptors (Lipinski definition) is 3. The maximum atomic E-state index is 12.7. The Kier molecular flexibility index (Phi) is 5.96. The van der Waals surface area contributed by atoms with Gasteiger partial charge in [-0.2, -0.15) is 0 Å². The molecule has 0 aliphatic heterocycles. The van der Waals surface area contributed by atoms with E-state index in [0.717, 1.165) is 23.5 Å². The third-order valence-corrected chi connectivity index (χ3v) is 4.67. The Balaban J connectivity index is 2.23. The Morgan fingerprint density at radius 3 is 2.60 bits per heavy atom. The summed E-state index contributed by atoms with van der Waals surface area (Å²) in [7, 11) is 0. The normalized spacial score (nSPS) is 13.3. The molecule has 0 saturated carbocycles. The van der Waals surface area contributed by atoms with Crippen molar-refractivity contribution >= 4 is 11.8 Å². The van der Waals surface area contributed by atoms with Crippen LogP contribution < -0.4 is 11.1 Å². The standard InChI is InChI=1S/C19H26N4O2/c1-5-12(2)17(18(20)24)22-19(25)16-10-13(3)23(14(16)4)11-15-8-6-7-9-21-15/h6-10,12,17H,5,11H2,1-4H3,(H2,20,24)(H,22,25). The summed E-state index contributed by atoms with van der Waals surface area (Å²) in [5.74, 6) is -0.798. The van der Waals surface area contributed by atoms with E-state index in [2.05, 4.69) is 10.3 Å². The van der Waals surface area contributed by atoms with E-state index in [1.165, 1.54) is 0 Å². The van der Waals surface area contributed by atoms with Gasteiger partial charge in [-0.1, -0.05) is 26.3 Å². The number of rotatable bonds is 7. The summed E-state index contributed by atoms with van der Waals surface area (Å²) in [4.78, 5) is 28.7. The summed E-state index contributed by atoms with van der Waals surface area (Å²) in [6.45, 7) is 8.31. The largest absolute Gasteiger partial charge is 0.368 e. The summed E-state index contributed by atoms with van der Waals surface area (Å²) in [6.07, 6.45) is 2.51. The van der Waals surface area contributed by atoms with E-state index in [9.17, 15) is 9.59 Å². The van der Waals surface area contributed by atoms with Gasteiger partial charge >= 0.3 is 0 Å². The molecular formula is C19H26N4O2. The van der Waals surface area contributed by atoms with Crippen molar-refractivity contribution in [2.24, 2.45) is 11.7 Å². The first-order valence-electron chi connectivity index (χ1n) is 8.52. The van der Waals surface area contributed by atoms with Crippen molar-refractivity contribution < 1.29 is 9.59 Å². The number of carbonyl (C=O) groups is 2. The van der Waals surface area contributed by atoms with E-state index in [0.29, 0.717) is 12.1 Å². The second kappa shape index (κ2) is 7.96. The quantitative estimate of drug-likeness (QED) is 0.808. The van der Waals surface area contributed by atoms with Crippen LogP contribution in [0.1, 0.15) is 47.7 Å². The van der Waals surface area contributed by atoms with E-state index < -0.39 is 11.9 Å². The summed E-state index contributed by atoms with van der Waals surface area (Å²) < 4.78 is 2.04. The molecule has 0 fully saturated rings. The number of aromatic nitrogens is 2. The number of aryl methyl sites for hydroxylation is 1. The van der Waals surface area contributed by atoms with Crippen molar-refractivity contribution in [2.45, 2.75) is 46.7 Å². The van der Waals surface area contributed by atoms with E-state index >= 15 is 0 Å². The monoisotopic (exact) mass is 342 g/mol. The second-order valence-electron chi connectivity index (χ2n) is 6.43. The summed E-state index contributed by atoms with van der Waals surface area (Å²) in [6, 6.07) is 6.92. The summed E-state index contributed by atoms with van der Waals surface area (Å²) in [5.41, 5.74) is 8.73. The van der Waals surface area contributed by atoms with Crippen LogP contribution in [-0.4, -0.2) is 27.4 Å². The Labute approximate surface area is 148 Å². The number of nitrogens with one attached hydrogen (secondary N) is 1. The SMILES string of the molecule is CCC(C)C(NC(=O)c1cc(C)n(Cc2ccccn2)c1C)C(N)=O. The van der Waals surface area contributed by atoms with Crippen molar-refractivity contribution in [3.63, 3.8) is 0 Å². The van der Waals surface area contributed by atoms with Gasteiger partial charge in [0.05, 0.1) is 17.8 Å². The molecular weight excluding hydrogens is 316 g/mol. The summed E-state index contributed by atoms with van der Waals surface area (Å²) in [5, 5.41) is 2.79. The maximum absolute atomic E-state index is 12.7. The average molecular weight is 342 g/mol. The van der Waals surface area contributed by atoms with Crippen LogP contribution in [0.4, 0.5) is 0 Å². The minimum atomic E-state index is -0.670. The predicted octanol–water partition coefficient (Wildman–Crippen LogP) is 2.18. The molecule has 0 bridgehead atoms. The molecule has 2 amide bonds. The van der Waals surface area contributed by atoms with Gasteiger partial charge in [-0.05, 0) is 38.0 Å². The van der Waals surface area contributed by atoms with Crippen LogP contribution in [0.15, 0.2) is 30.5 Å². The molecule has 0 spiro atoms. The zero-order valence-corrected chi connectivity index (χ0v) is 15.2. The third kappa shape index (κ3) is 4.26. The van der Waals surface area contributed by atoms with Crippen molar-refractivity contribution in [1.82, 2.24) is 14.9 Å². The third-order valence-electron chi connectivity index (χ3n) is 4.67. The summed E-state index contributed by atoms with van der Waals surface area (Å²) >= 11 is 0. The van der Waals surface area contributed by atoms with Gasteiger partial charge in [0.25, 0.3) is 5.91 Å². The Morgan fingerprint density at radius 1 is 1.32 bits per heavy atom. The fraction of sp³-hybridized carbons (Fsp3) is 0.421. The molecule has 6 heteroatoms. The van der Waals surface area contributed by atoms with E-state index in [-0.39, 0.29) is 11.8 Å². The first-order chi connectivity index (χ1) is 11.8. The molecule has 2 heterocycles. The maximum Gasteiger partial charge on any atom is 0.253 e. The topological polar surface area (TPSA) is 90.0 Å². The van der Waals surface area contributed by atoms with Gasteiger partial charge in [-0.15, -0.1) is 0 Å². The molecule has 2 atom stereocenters. The van der Waals surface area contributed by atoms with Gasteiger partial charge in [0.15, 0.2) is 0 Å². The molecule has 2 aromatic rings. The zero-order valence-electron chi connectivity index (χ0n) is 15.2. The molecule has 0 radical (unpaired) electrons. The molecule has 0 aliphatic rings. The van der Waals surface area contributed by atoms with Gasteiger partial charge < -0.3 is 15.6 Å². The van der Waals surface area contributed by atoms with E-state index in [1.54, 1.807) is 6.20 Å². The van der Waals surface area contributed by atoms with Gasteiger partial charge in [0.1, 0.15) is 6.04 Å². The lowest BCUT2D eigenvalue weighted by atomic mass is 9.98. The minimum Gasteiger partial charge on any atom is -0.368 e. The highest BCUT2D eigenvalue weighted by atomic mass is 16.2. The van der Waals surface area contributed by atoms with Crippen LogP contribution in [0.5, 0.6) is 0 Å². The van der Waals surface area contributed by atoms with Crippen molar-refractivity contribution in [2.75, 3.05) is 0 Å². The molecule has 3 N–H and O–H groups in total. The highest BCUT2D eigenvalue weighted by Gasteiger charge is 2.25. The molecule has 25 heavy (non-hydrogen) atoms. The lowest BCUT2D eigenvalue weighted by Crippen LogP contribution is -2.48. The van der Waals surface area contributed by atoms with Gasteiger partial charge in [0, 0.05) is 17.6 Å². The number of amides is 2. The lowest BCUT2D eigenvalue weighted by Gasteiger charge is -2.21. The number of primary amides is 1. The molecule has 2 rings (SSSR count). The lowest BCUT2D eigenvalue weighted by molar-refractivity contribution is -0.120. The zero-order chi connectivity index (χ0) is 18.6. The Morgan fingerprint density at radius 2 is 2.04 bits per heavy atom. The minimum absolute atomic E-state index is 0.0153. The van der Waals surface area contributed by atoms with Crippen molar-refractivity contribution in [3.05, 3.63) is 53.1 Å². The molecule has 2 aromatic heterocycles. The second-order valence-corrected chi connectivity index (χ2v) is 6.43. The van der Waals surface area contributed by atoms with Crippen molar-refractivity contribution in [3.8, 4) is 0 Å². The van der Waals surface area contributed by atoms with Crippen molar-refractivity contribution in [1.29, 1.82) is 0 Å². The van der Waals surface area contributed by atoms with Gasteiger partial charge in [0.2, 0.25) is 5.91 Å². The van der Waals surface area contributed by atoms with Crippen LogP contribution in [0, 0.1) is 19.8 Å². The molecule has 0 aliphatic carbocycles. The molecule has 0 aromatic carbocycles. The fourth-order valence-electron chi connectivity index (χ4n) is 2.88. The number of pyridine rings is 1. The fourth-order valence-corrected chi connectivity index (χ4v) is 2.88. The predicted molar refractivity (Wildman–Crippen MR) is 97.1 cm³/mol. The van der Waals surface area contributed by atoms with E-state index in [4.69, 9.17) is 5.73 Å². The molecule has 6 nitrogen and oxygen atoms in total. The molecule has 2 unspecified atom stereocenters. The van der Waals surface area contributed by atoms with Gasteiger partial charge in [-0.3, -0.25) is 14.6 Å². The number of nitrogens with zero attached hydrogens (tertiary/aromatic N) is 2. The van der Waals surface area contributed by atoms with E-state index in [1.807, 2.05) is 56.5 Å². The Hall–Kier alpha value is -2.63. The Bertz CT molecular complexity index is 752. The molecule has 134 valence electrons. The van der Waals surface area contributed by atoms with Crippen LogP contribution in [-0.2, 0) is 11.3 Å². The smallest absolute Gasteiger partial charge is 0.253 e.